The van der Waals surface area contributed by atoms with E-state index in [1.807, 2.05) is 48.5 Å². The van der Waals surface area contributed by atoms with Crippen LogP contribution in [0.25, 0.3) is 0 Å². The smallest absolute Gasteiger partial charge is 0.338 e. The lowest BCUT2D eigenvalue weighted by molar-refractivity contribution is -0.254. The molecule has 5 saturated heterocycles. The predicted molar refractivity (Wildman–Crippen MR) is 391 cm³/mol. The third kappa shape index (κ3) is 17.1. The number of Topliss-reactive ketones (excluding diaryl/α,β-unsaturated/α-hetero) is 1. The number of hydrogen-bond acceptors (Lipinski definition) is 13. The van der Waals surface area contributed by atoms with E-state index in [0.717, 1.165) is 51.2 Å². The summed E-state index contributed by atoms with van der Waals surface area (Å²) in [6.45, 7) is 30.7. The number of ketones is 2. The Balaban J connectivity index is 0.986. The van der Waals surface area contributed by atoms with E-state index in [9.17, 15) is 4.79 Å². The maximum atomic E-state index is 15.1. The molecule has 13 nitrogen and oxygen atoms in total. The van der Waals surface area contributed by atoms with Gasteiger partial charge in [-0.3, -0.25) is 9.59 Å². The van der Waals surface area contributed by atoms with Gasteiger partial charge in [0, 0.05) is 46.3 Å². The molecule has 15 heteroatoms. The molecule has 0 radical (unpaired) electrons. The summed E-state index contributed by atoms with van der Waals surface area (Å²) in [6, 6.07) is 51.5. The summed E-state index contributed by atoms with van der Waals surface area (Å²) < 4.78 is 70.2. The van der Waals surface area contributed by atoms with E-state index in [0.29, 0.717) is 43.6 Å². The molecule has 0 saturated carbocycles. The number of methoxy groups -OCH3 is 2. The second-order valence-electron chi connectivity index (χ2n) is 30.6. The maximum absolute atomic E-state index is 15.1. The highest BCUT2D eigenvalue weighted by molar-refractivity contribution is 7.00. The number of benzene rings is 5. The van der Waals surface area contributed by atoms with Gasteiger partial charge in [0.1, 0.15) is 36.3 Å². The third-order valence-corrected chi connectivity index (χ3v) is 31.5. The summed E-state index contributed by atoms with van der Waals surface area (Å²) in [5, 5.41) is 3.49. The van der Waals surface area contributed by atoms with Crippen LogP contribution in [0.3, 0.4) is 0 Å². The van der Waals surface area contributed by atoms with E-state index < -0.39 is 81.8 Å². The summed E-state index contributed by atoms with van der Waals surface area (Å²) in [5.41, 5.74) is 5.74. The Morgan fingerprint density at radius 2 is 1.15 bits per heavy atom. The molecule has 0 aromatic heterocycles. The zero-order chi connectivity index (χ0) is 69.9. The Hall–Kier alpha value is -6.02. The third-order valence-electron chi connectivity index (χ3n) is 21.4. The molecule has 0 N–H and O–H groups in total. The molecule has 10 rings (SSSR count). The van der Waals surface area contributed by atoms with Gasteiger partial charge in [-0.1, -0.05) is 221 Å². The standard InChI is InChI=1S/C83H108O13Si2/c1-15-55(2)47-56(3)41-45-70-58(5)49-63(90-70)43-42-61(84)52-74-77(95-97(82(7,8)9,65-33-23-17-24-34-65)66-35-25-18-26-36-66)78-79(94-74)80(96-98(83(10,11)12,67-37-27-19-28-38-67)68-39-29-20-30-40-68)76-71(93-78)46-44-64(91-76)50-62(85)51-69-59(6)72(92-73(69)53-75(87-13)88-14)48-57(4)54-89-81(86)60-31-21-16-22-32-60/h16-40,42-43,56-57,59,63-64,69-80H,1,5,41,44-54H2,2-4,6-14H3/b43-42+/t56-,57-,59+,63?,64+,69?,70-,71-,72+,73-,74?,76-,77-,78-,79+,80-/m0/s1. The number of rotatable bonds is 30. The van der Waals surface area contributed by atoms with Crippen LogP contribution in [0.2, 0.25) is 10.1 Å². The number of carbonyl (C=O) groups is 3. The molecule has 0 spiro atoms. The van der Waals surface area contributed by atoms with Gasteiger partial charge >= 0.3 is 5.97 Å². The van der Waals surface area contributed by atoms with Crippen molar-refractivity contribution in [2.24, 2.45) is 23.7 Å². The minimum Gasteiger partial charge on any atom is -0.462 e. The zero-order valence-corrected chi connectivity index (χ0v) is 62.1. The first kappa shape index (κ1) is 74.7. The zero-order valence-electron chi connectivity index (χ0n) is 60.1. The summed E-state index contributed by atoms with van der Waals surface area (Å²) >= 11 is 0. The van der Waals surface area contributed by atoms with Crippen molar-refractivity contribution in [3.63, 3.8) is 0 Å². The normalized spacial score (nSPS) is 27.3. The largest absolute Gasteiger partial charge is 0.462 e. The highest BCUT2D eigenvalue weighted by Gasteiger charge is 2.65. The quantitative estimate of drug-likeness (QED) is 0.0108. The maximum Gasteiger partial charge on any atom is 0.338 e. The Morgan fingerprint density at radius 3 is 1.68 bits per heavy atom. The molecule has 5 aliphatic heterocycles. The molecule has 5 aliphatic rings. The fraction of sp³-hybridized carbons (Fsp3) is 0.518. The van der Waals surface area contributed by atoms with E-state index in [2.05, 4.69) is 185 Å². The van der Waals surface area contributed by atoms with Crippen LogP contribution in [-0.2, 0) is 56.3 Å². The monoisotopic (exact) mass is 1370 g/mol. The van der Waals surface area contributed by atoms with Gasteiger partial charge in [-0.2, -0.15) is 0 Å². The van der Waals surface area contributed by atoms with E-state index in [1.54, 1.807) is 32.4 Å². The number of carbonyl (C=O) groups excluding carboxylic acids is 3. The summed E-state index contributed by atoms with van der Waals surface area (Å²) in [5.74, 6) is -0.122. The molecule has 98 heavy (non-hydrogen) atoms. The number of hydrogen-bond donors (Lipinski definition) is 0. The van der Waals surface area contributed by atoms with Crippen LogP contribution in [0.1, 0.15) is 150 Å². The molecule has 526 valence electrons. The average Bonchev–Trinajstić information content (AvgIpc) is 1.34. The van der Waals surface area contributed by atoms with Crippen molar-refractivity contribution in [3.8, 4) is 0 Å². The number of fused-ring (bicyclic) bond motifs is 2. The van der Waals surface area contributed by atoms with Crippen LogP contribution < -0.4 is 20.7 Å². The number of ether oxygens (including phenoxy) is 8. The molecule has 0 aliphatic carbocycles. The first-order valence-electron chi connectivity index (χ1n) is 35.8. The molecule has 0 amide bonds. The number of allylic oxidation sites excluding steroid dienone is 2. The Kier molecular flexibility index (Phi) is 25.3. The van der Waals surface area contributed by atoms with Gasteiger partial charge in [-0.05, 0) is 129 Å². The molecule has 0 bridgehead atoms. The van der Waals surface area contributed by atoms with Crippen molar-refractivity contribution >= 4 is 54.9 Å². The summed E-state index contributed by atoms with van der Waals surface area (Å²) in [7, 11) is -3.58. The Morgan fingerprint density at radius 1 is 0.622 bits per heavy atom. The molecule has 16 atom stereocenters. The van der Waals surface area contributed by atoms with Crippen molar-refractivity contribution in [2.45, 2.75) is 229 Å². The van der Waals surface area contributed by atoms with E-state index in [4.69, 9.17) is 46.7 Å². The molecular weight excluding hydrogens is 1260 g/mol. The lowest BCUT2D eigenvalue weighted by Crippen LogP contribution is -2.73. The lowest BCUT2D eigenvalue weighted by Gasteiger charge is -2.53. The SMILES string of the molecule is C=C=C(C)C[C@@H](C)CC[C@@H]1OC(/C=C/C(=O)CC2O[C@H]3[C@@H](O[Si](c4ccccc4)(c4ccccc4)C(C)(C)C)[C@H]4O[C@@H](CC(=O)CC5[C@H](CC(OC)OC)O[C@H](C[C@H](C)COC(=O)c6ccccc6)[C@@H]5C)CC[C@@H]4O[C@H]3[C@H]2O[Si](c2ccccc2)(c2ccccc2)C(C)(C)C)CC1=C. The highest BCUT2D eigenvalue weighted by atomic mass is 28.4. The van der Waals surface area contributed by atoms with Crippen molar-refractivity contribution in [1.82, 2.24) is 0 Å². The molecular formula is C83H108O13Si2. The fourth-order valence-corrected chi connectivity index (χ4v) is 25.7. The Bertz CT molecular complexity index is 3410. The summed E-state index contributed by atoms with van der Waals surface area (Å²) in [6.07, 6.45) is 2.70. The van der Waals surface area contributed by atoms with Crippen LogP contribution in [0.15, 0.2) is 194 Å². The van der Waals surface area contributed by atoms with Gasteiger partial charge in [-0.25, -0.2) is 4.79 Å². The second-order valence-corrected chi connectivity index (χ2v) is 39.1. The van der Waals surface area contributed by atoms with Crippen LogP contribution in [0.5, 0.6) is 0 Å². The van der Waals surface area contributed by atoms with Crippen LogP contribution >= 0.6 is 0 Å². The van der Waals surface area contributed by atoms with E-state index >= 15 is 9.59 Å². The summed E-state index contributed by atoms with van der Waals surface area (Å²) in [4.78, 5) is 43.1. The van der Waals surface area contributed by atoms with Gasteiger partial charge < -0.3 is 46.7 Å². The highest BCUT2D eigenvalue weighted by Crippen LogP contribution is 2.49. The first-order chi connectivity index (χ1) is 47.0. The van der Waals surface area contributed by atoms with Gasteiger partial charge in [0.2, 0.25) is 0 Å². The topological polar surface area (TPSA) is 144 Å². The van der Waals surface area contributed by atoms with Gasteiger partial charge in [-0.15, -0.1) is 5.73 Å². The van der Waals surface area contributed by atoms with Crippen molar-refractivity contribution < 1.29 is 61.1 Å². The minimum absolute atomic E-state index is 0.00104. The van der Waals surface area contributed by atoms with Crippen LogP contribution in [0.4, 0.5) is 0 Å². The average molecular weight is 1370 g/mol. The molecule has 5 aromatic rings. The lowest BCUT2D eigenvalue weighted by atomic mass is 9.80. The van der Waals surface area contributed by atoms with E-state index in [1.165, 1.54) is 0 Å². The Labute approximate surface area is 586 Å². The minimum atomic E-state index is -3.43. The molecule has 5 aromatic carbocycles. The van der Waals surface area contributed by atoms with Crippen molar-refractivity contribution in [1.29, 1.82) is 0 Å². The van der Waals surface area contributed by atoms with E-state index in [-0.39, 0.29) is 85.6 Å². The van der Waals surface area contributed by atoms with Gasteiger partial charge in [0.05, 0.1) is 54.9 Å². The van der Waals surface area contributed by atoms with Gasteiger partial charge in [0.15, 0.2) is 12.1 Å². The molecule has 3 unspecified atom stereocenters. The van der Waals surface area contributed by atoms with Gasteiger partial charge in [0.25, 0.3) is 16.6 Å². The van der Waals surface area contributed by atoms with Crippen molar-refractivity contribution in [2.75, 3.05) is 20.8 Å². The number of esters is 1. The molecule has 5 heterocycles. The fourth-order valence-electron chi connectivity index (χ4n) is 16.3. The second kappa shape index (κ2) is 33.2. The van der Waals surface area contributed by atoms with Crippen LogP contribution in [0, 0.1) is 23.7 Å². The van der Waals surface area contributed by atoms with Crippen molar-refractivity contribution in [3.05, 3.63) is 199 Å². The predicted octanol–water partition coefficient (Wildman–Crippen LogP) is 14.0. The van der Waals surface area contributed by atoms with Crippen LogP contribution in [-0.4, -0.2) is 135 Å². The molecule has 5 fully saturated rings. The first-order valence-corrected chi connectivity index (χ1v) is 39.7.